The van der Waals surface area contributed by atoms with Crippen LogP contribution in [0, 0.1) is 0 Å². The Bertz CT molecular complexity index is 234. The van der Waals surface area contributed by atoms with E-state index in [1.807, 2.05) is 16.2 Å². The highest BCUT2D eigenvalue weighted by molar-refractivity contribution is 8.76. The molecule has 0 bridgehead atoms. The molecule has 7 heteroatoms. The summed E-state index contributed by atoms with van der Waals surface area (Å²) in [7, 11) is 3.60. The highest BCUT2D eigenvalue weighted by Gasteiger charge is 1.98. The third-order valence-electron chi connectivity index (χ3n) is 3.03. The summed E-state index contributed by atoms with van der Waals surface area (Å²) in [6.45, 7) is 1.24. The summed E-state index contributed by atoms with van der Waals surface area (Å²) in [5.74, 6) is 6.87. The van der Waals surface area contributed by atoms with E-state index in [2.05, 4.69) is 0 Å². The minimum Gasteiger partial charge on any atom is -0.448 e. The number of amides is 1. The summed E-state index contributed by atoms with van der Waals surface area (Å²) in [5.41, 5.74) is 7.39. The summed E-state index contributed by atoms with van der Waals surface area (Å²) < 4.78 is 4.78. The van der Waals surface area contributed by atoms with E-state index in [1.54, 1.807) is 10.8 Å². The Balaban J connectivity index is 2.98. The monoisotopic (exact) mass is 337 g/mol. The lowest BCUT2D eigenvalue weighted by molar-refractivity contribution is 0.153. The van der Waals surface area contributed by atoms with Crippen LogP contribution < -0.4 is 17.0 Å². The van der Waals surface area contributed by atoms with Crippen LogP contribution in [0.2, 0.25) is 0 Å². The first-order valence-electron chi connectivity index (χ1n) is 7.89. The third-order valence-corrected chi connectivity index (χ3v) is 5.49. The maximum absolute atomic E-state index is 10.7. The second-order valence-corrected chi connectivity index (χ2v) is 7.60. The molecule has 0 saturated carbocycles. The normalized spacial score (nSPS) is 10.6. The van der Waals surface area contributed by atoms with Gasteiger partial charge in [0.1, 0.15) is 6.61 Å². The maximum atomic E-state index is 10.7. The number of hydrogen-bond donors (Lipinski definition) is 3. The van der Waals surface area contributed by atoms with E-state index in [-0.39, 0.29) is 0 Å². The van der Waals surface area contributed by atoms with Crippen molar-refractivity contribution in [3.05, 3.63) is 0 Å². The van der Waals surface area contributed by atoms with Gasteiger partial charge < -0.3 is 10.5 Å². The molecule has 21 heavy (non-hydrogen) atoms. The van der Waals surface area contributed by atoms with Crippen LogP contribution in [-0.2, 0) is 4.74 Å². The molecule has 0 aromatic heterocycles. The van der Waals surface area contributed by atoms with Crippen LogP contribution in [0.1, 0.15) is 57.8 Å². The van der Waals surface area contributed by atoms with Gasteiger partial charge in [0.15, 0.2) is 0 Å². The minimum absolute atomic E-state index is 0.408. The van der Waals surface area contributed by atoms with Crippen molar-refractivity contribution in [2.45, 2.75) is 57.8 Å². The zero-order valence-corrected chi connectivity index (χ0v) is 14.6. The Hall–Kier alpha value is -0.110. The van der Waals surface area contributed by atoms with E-state index in [1.165, 1.54) is 63.5 Å². The van der Waals surface area contributed by atoms with E-state index in [4.69, 9.17) is 16.3 Å². The maximum Gasteiger partial charge on any atom is 0.421 e. The Morgan fingerprint density at radius 3 is 1.95 bits per heavy atom. The molecule has 0 aromatic rings. The van der Waals surface area contributed by atoms with Gasteiger partial charge in [-0.25, -0.2) is 10.6 Å². The number of hydrogen-bond acceptors (Lipinski definition) is 6. The molecule has 0 aromatic carbocycles. The van der Waals surface area contributed by atoms with Gasteiger partial charge in [0.2, 0.25) is 0 Å². The first-order chi connectivity index (χ1) is 10.3. The minimum atomic E-state index is -0.566. The van der Waals surface area contributed by atoms with Gasteiger partial charge in [-0.1, -0.05) is 66.5 Å². The lowest BCUT2D eigenvalue weighted by atomic mass is 10.1. The lowest BCUT2D eigenvalue weighted by Crippen LogP contribution is -2.31. The quantitative estimate of drug-likeness (QED) is 0.139. The van der Waals surface area contributed by atoms with Gasteiger partial charge in [0.05, 0.1) is 0 Å². The van der Waals surface area contributed by atoms with E-state index in [9.17, 15) is 4.79 Å². The summed E-state index contributed by atoms with van der Waals surface area (Å²) in [6.07, 6.45) is 11.3. The van der Waals surface area contributed by atoms with Crippen molar-refractivity contribution in [1.82, 2.24) is 5.43 Å². The molecule has 0 unspecified atom stereocenters. The van der Waals surface area contributed by atoms with Crippen LogP contribution in [0.15, 0.2) is 0 Å². The van der Waals surface area contributed by atoms with Gasteiger partial charge in [-0.2, -0.15) is 0 Å². The molecule has 0 atom stereocenters. The number of ether oxygens (including phenoxy) is 1. The van der Waals surface area contributed by atoms with Crippen LogP contribution >= 0.6 is 21.6 Å². The van der Waals surface area contributed by atoms with Crippen LogP contribution in [0.3, 0.4) is 0 Å². The molecule has 5 N–H and O–H groups in total. The standard InChI is InChI=1S/C14H31N3O2S2/c15-10-8-6-4-2-1-3-5-7-9-12-20-21-13-11-19-14(18)17-16/h1-13,15-16H2,(H,17,18). The van der Waals surface area contributed by atoms with E-state index >= 15 is 0 Å². The van der Waals surface area contributed by atoms with E-state index in [0.29, 0.717) is 6.61 Å². The Labute approximate surface area is 137 Å². The highest BCUT2D eigenvalue weighted by atomic mass is 33.1. The third kappa shape index (κ3) is 17.8. The average molecular weight is 338 g/mol. The van der Waals surface area contributed by atoms with Gasteiger partial charge in [0, 0.05) is 11.5 Å². The smallest absolute Gasteiger partial charge is 0.421 e. The van der Waals surface area contributed by atoms with Crippen molar-refractivity contribution >= 4 is 27.7 Å². The molecule has 1 amide bonds. The van der Waals surface area contributed by atoms with Crippen LogP contribution in [0.5, 0.6) is 0 Å². The van der Waals surface area contributed by atoms with Gasteiger partial charge >= 0.3 is 6.09 Å². The number of carbonyl (C=O) groups excluding carboxylic acids is 1. The van der Waals surface area contributed by atoms with Crippen molar-refractivity contribution in [1.29, 1.82) is 0 Å². The number of unbranched alkanes of at least 4 members (excludes halogenated alkanes) is 8. The fourth-order valence-electron chi connectivity index (χ4n) is 1.87. The molecule has 0 heterocycles. The van der Waals surface area contributed by atoms with Crippen molar-refractivity contribution in [3.8, 4) is 0 Å². The largest absolute Gasteiger partial charge is 0.448 e. The van der Waals surface area contributed by atoms with E-state index < -0.39 is 6.09 Å². The van der Waals surface area contributed by atoms with Gasteiger partial charge in [-0.05, 0) is 19.4 Å². The van der Waals surface area contributed by atoms with Crippen LogP contribution in [-0.4, -0.2) is 30.8 Å². The van der Waals surface area contributed by atoms with E-state index in [0.717, 1.165) is 12.3 Å². The van der Waals surface area contributed by atoms with Gasteiger partial charge in [-0.3, -0.25) is 5.43 Å². The summed E-state index contributed by atoms with van der Waals surface area (Å²) in [5, 5.41) is 0. The summed E-state index contributed by atoms with van der Waals surface area (Å²) in [4.78, 5) is 10.7. The summed E-state index contributed by atoms with van der Waals surface area (Å²) in [6, 6.07) is 0. The highest BCUT2D eigenvalue weighted by Crippen LogP contribution is 2.22. The number of nitrogens with one attached hydrogen (secondary N) is 1. The van der Waals surface area contributed by atoms with Crippen molar-refractivity contribution in [2.75, 3.05) is 24.7 Å². The predicted molar refractivity (Wildman–Crippen MR) is 94.2 cm³/mol. The molecular formula is C14H31N3O2S2. The van der Waals surface area contributed by atoms with Gasteiger partial charge in [0.25, 0.3) is 0 Å². The Morgan fingerprint density at radius 1 is 0.857 bits per heavy atom. The molecule has 0 aliphatic carbocycles. The molecule has 0 aliphatic rings. The average Bonchev–Trinajstić information content (AvgIpc) is 2.50. The Morgan fingerprint density at radius 2 is 1.38 bits per heavy atom. The molecule has 0 saturated heterocycles. The first-order valence-corrected chi connectivity index (χ1v) is 10.4. The lowest BCUT2D eigenvalue weighted by Gasteiger charge is -2.04. The second kappa shape index (κ2) is 17.9. The molecule has 0 fully saturated rings. The number of hydrazine groups is 1. The van der Waals surface area contributed by atoms with Crippen LogP contribution in [0.25, 0.3) is 0 Å². The Kier molecular flexibility index (Phi) is 17.8. The predicted octanol–water partition coefficient (Wildman–Crippen LogP) is 3.44. The zero-order valence-electron chi connectivity index (χ0n) is 13.0. The van der Waals surface area contributed by atoms with Crippen molar-refractivity contribution in [3.63, 3.8) is 0 Å². The number of nitrogens with two attached hydrogens (primary N) is 2. The SMILES string of the molecule is NCCCCCCCCCCCSSCCOC(=O)NN. The molecule has 126 valence electrons. The first kappa shape index (κ1) is 20.9. The summed E-state index contributed by atoms with van der Waals surface area (Å²) >= 11 is 0. The molecule has 0 radical (unpaired) electrons. The van der Waals surface area contributed by atoms with Gasteiger partial charge in [-0.15, -0.1) is 0 Å². The topological polar surface area (TPSA) is 90.4 Å². The molecule has 5 nitrogen and oxygen atoms in total. The molecule has 0 aliphatic heterocycles. The number of carbonyl (C=O) groups is 1. The van der Waals surface area contributed by atoms with Crippen molar-refractivity contribution < 1.29 is 9.53 Å². The van der Waals surface area contributed by atoms with Crippen LogP contribution in [0.4, 0.5) is 4.79 Å². The number of rotatable bonds is 15. The molecule has 0 spiro atoms. The molecule has 0 rings (SSSR count). The fourth-order valence-corrected chi connectivity index (χ4v) is 3.84. The zero-order chi connectivity index (χ0) is 15.6. The fraction of sp³-hybridized carbons (Fsp3) is 0.929. The van der Waals surface area contributed by atoms with Crippen molar-refractivity contribution in [2.24, 2.45) is 11.6 Å². The second-order valence-electron chi connectivity index (χ2n) is 4.89. The molecular weight excluding hydrogens is 306 g/mol.